The number of esters is 1. The van der Waals surface area contributed by atoms with E-state index in [1.807, 2.05) is 12.3 Å². The lowest BCUT2D eigenvalue weighted by molar-refractivity contribution is -0.141. The summed E-state index contributed by atoms with van der Waals surface area (Å²) in [6.07, 6.45) is 3.79. The number of ether oxygens (including phenoxy) is 1. The van der Waals surface area contributed by atoms with Gasteiger partial charge in [-0.3, -0.25) is 9.69 Å². The second-order valence-electron chi connectivity index (χ2n) is 4.57. The molecule has 1 aliphatic heterocycles. The molecular formula is C13H20N4O2S. The maximum Gasteiger partial charge on any atom is 0.302 e. The fourth-order valence-electron chi connectivity index (χ4n) is 2.13. The number of nitrogens with zero attached hydrogens (tertiary/aromatic N) is 4. The van der Waals surface area contributed by atoms with Gasteiger partial charge in [0.25, 0.3) is 0 Å². The highest BCUT2D eigenvalue weighted by Crippen LogP contribution is 2.16. The van der Waals surface area contributed by atoms with Crippen LogP contribution in [0.15, 0.2) is 17.4 Å². The summed E-state index contributed by atoms with van der Waals surface area (Å²) in [5.74, 6) is 0.776. The average Bonchev–Trinajstić information content (AvgIpc) is 2.48. The van der Waals surface area contributed by atoms with Crippen molar-refractivity contribution in [2.75, 3.05) is 50.5 Å². The molecule has 20 heavy (non-hydrogen) atoms. The van der Waals surface area contributed by atoms with Gasteiger partial charge in [0, 0.05) is 45.8 Å². The number of rotatable bonds is 5. The Morgan fingerprint density at radius 3 is 2.80 bits per heavy atom. The van der Waals surface area contributed by atoms with E-state index >= 15 is 0 Å². The third-order valence-electron chi connectivity index (χ3n) is 3.21. The standard InChI is InChI=1S/C13H20N4O2S/c1-11(18)19-10-9-16-5-7-17(8-6-16)12-3-4-14-13(15-12)20-2/h3-4H,5-10H2,1-2H3. The van der Waals surface area contributed by atoms with Crippen molar-refractivity contribution in [1.29, 1.82) is 0 Å². The molecule has 0 spiro atoms. The Balaban J connectivity index is 1.80. The third-order valence-corrected chi connectivity index (χ3v) is 3.77. The number of carbonyl (C=O) groups excluding carboxylic acids is 1. The molecule has 110 valence electrons. The molecule has 2 heterocycles. The summed E-state index contributed by atoms with van der Waals surface area (Å²) in [6, 6.07) is 1.95. The van der Waals surface area contributed by atoms with Crippen LogP contribution in [0.25, 0.3) is 0 Å². The first-order chi connectivity index (χ1) is 9.69. The average molecular weight is 296 g/mol. The minimum Gasteiger partial charge on any atom is -0.465 e. The van der Waals surface area contributed by atoms with Gasteiger partial charge in [-0.15, -0.1) is 0 Å². The predicted octanol–water partition coefficient (Wildman–Crippen LogP) is 0.884. The zero-order valence-electron chi connectivity index (χ0n) is 11.9. The highest BCUT2D eigenvalue weighted by molar-refractivity contribution is 7.98. The van der Waals surface area contributed by atoms with Crippen molar-refractivity contribution < 1.29 is 9.53 Å². The third kappa shape index (κ3) is 4.35. The second-order valence-corrected chi connectivity index (χ2v) is 5.34. The smallest absolute Gasteiger partial charge is 0.302 e. The van der Waals surface area contributed by atoms with Crippen LogP contribution in [0.2, 0.25) is 0 Å². The van der Waals surface area contributed by atoms with Crippen LogP contribution >= 0.6 is 11.8 Å². The van der Waals surface area contributed by atoms with Gasteiger partial charge >= 0.3 is 5.97 Å². The van der Waals surface area contributed by atoms with Crippen LogP contribution in [0, 0.1) is 0 Å². The molecule has 6 nitrogen and oxygen atoms in total. The summed E-state index contributed by atoms with van der Waals surface area (Å²) in [5, 5.41) is 0.805. The monoisotopic (exact) mass is 296 g/mol. The van der Waals surface area contributed by atoms with Gasteiger partial charge in [0.05, 0.1) is 0 Å². The molecule has 0 N–H and O–H groups in total. The van der Waals surface area contributed by atoms with Crippen molar-refractivity contribution in [3.8, 4) is 0 Å². The molecule has 1 aromatic rings. The van der Waals surface area contributed by atoms with E-state index < -0.39 is 0 Å². The maximum atomic E-state index is 10.7. The number of aromatic nitrogens is 2. The van der Waals surface area contributed by atoms with E-state index in [0.29, 0.717) is 6.61 Å². The van der Waals surface area contributed by atoms with E-state index in [-0.39, 0.29) is 5.97 Å². The lowest BCUT2D eigenvalue weighted by Crippen LogP contribution is -2.47. The Bertz CT molecular complexity index is 450. The molecule has 2 rings (SSSR count). The van der Waals surface area contributed by atoms with Crippen LogP contribution in [0.5, 0.6) is 0 Å². The molecule has 0 radical (unpaired) electrons. The summed E-state index contributed by atoms with van der Waals surface area (Å²) in [7, 11) is 0. The molecule has 7 heteroatoms. The quantitative estimate of drug-likeness (QED) is 0.454. The zero-order chi connectivity index (χ0) is 14.4. The molecular weight excluding hydrogens is 276 g/mol. The van der Waals surface area contributed by atoms with Gasteiger partial charge in [-0.05, 0) is 12.3 Å². The lowest BCUT2D eigenvalue weighted by atomic mass is 10.3. The van der Waals surface area contributed by atoms with Gasteiger partial charge in [-0.1, -0.05) is 11.8 Å². The fraction of sp³-hybridized carbons (Fsp3) is 0.615. The molecule has 0 amide bonds. The molecule has 1 fully saturated rings. The minimum atomic E-state index is -0.214. The highest BCUT2D eigenvalue weighted by Gasteiger charge is 2.18. The van der Waals surface area contributed by atoms with Crippen LogP contribution in [-0.2, 0) is 9.53 Å². The van der Waals surface area contributed by atoms with Crippen LogP contribution in [0.3, 0.4) is 0 Å². The number of anilines is 1. The molecule has 0 aromatic carbocycles. The summed E-state index contributed by atoms with van der Waals surface area (Å²) in [5.41, 5.74) is 0. The molecule has 1 aliphatic rings. The molecule has 1 saturated heterocycles. The molecule has 0 atom stereocenters. The molecule has 0 bridgehead atoms. The first-order valence-corrected chi connectivity index (χ1v) is 7.89. The summed E-state index contributed by atoms with van der Waals surface area (Å²) < 4.78 is 4.97. The Morgan fingerprint density at radius 1 is 1.40 bits per heavy atom. The van der Waals surface area contributed by atoms with Crippen molar-refractivity contribution in [2.45, 2.75) is 12.1 Å². The Hall–Kier alpha value is -1.34. The van der Waals surface area contributed by atoms with E-state index in [1.54, 1.807) is 18.0 Å². The molecule has 0 saturated carbocycles. The van der Waals surface area contributed by atoms with Crippen molar-refractivity contribution in [1.82, 2.24) is 14.9 Å². The van der Waals surface area contributed by atoms with Crippen molar-refractivity contribution in [3.05, 3.63) is 12.3 Å². The van der Waals surface area contributed by atoms with Gasteiger partial charge in [0.15, 0.2) is 5.16 Å². The van der Waals surface area contributed by atoms with Crippen molar-refractivity contribution >= 4 is 23.5 Å². The van der Waals surface area contributed by atoms with Crippen LogP contribution < -0.4 is 4.90 Å². The van der Waals surface area contributed by atoms with Crippen LogP contribution in [-0.4, -0.2) is 66.4 Å². The first-order valence-electron chi connectivity index (χ1n) is 6.67. The van der Waals surface area contributed by atoms with E-state index in [9.17, 15) is 4.79 Å². The maximum absolute atomic E-state index is 10.7. The van der Waals surface area contributed by atoms with E-state index in [0.717, 1.165) is 43.7 Å². The van der Waals surface area contributed by atoms with Crippen LogP contribution in [0.1, 0.15) is 6.92 Å². The second kappa shape index (κ2) is 7.44. The topological polar surface area (TPSA) is 58.6 Å². The summed E-state index contributed by atoms with van der Waals surface area (Å²) in [6.45, 7) is 6.50. The molecule has 0 aliphatic carbocycles. The number of hydrogen-bond donors (Lipinski definition) is 0. The Morgan fingerprint density at radius 2 is 2.15 bits per heavy atom. The van der Waals surface area contributed by atoms with E-state index in [4.69, 9.17) is 4.74 Å². The summed E-state index contributed by atoms with van der Waals surface area (Å²) >= 11 is 1.55. The van der Waals surface area contributed by atoms with Gasteiger partial charge < -0.3 is 9.64 Å². The Kier molecular flexibility index (Phi) is 5.60. The van der Waals surface area contributed by atoms with Gasteiger partial charge in [-0.25, -0.2) is 9.97 Å². The number of thioether (sulfide) groups is 1. The van der Waals surface area contributed by atoms with E-state index in [2.05, 4.69) is 19.8 Å². The molecule has 0 unspecified atom stereocenters. The lowest BCUT2D eigenvalue weighted by Gasteiger charge is -2.35. The van der Waals surface area contributed by atoms with Crippen LogP contribution in [0.4, 0.5) is 5.82 Å². The van der Waals surface area contributed by atoms with Gasteiger partial charge in [-0.2, -0.15) is 0 Å². The number of hydrogen-bond acceptors (Lipinski definition) is 7. The SMILES string of the molecule is CSc1nccc(N2CCN(CCOC(C)=O)CC2)n1. The summed E-state index contributed by atoms with van der Waals surface area (Å²) in [4.78, 5) is 24.0. The van der Waals surface area contributed by atoms with E-state index in [1.165, 1.54) is 6.92 Å². The largest absolute Gasteiger partial charge is 0.465 e. The number of piperazine rings is 1. The van der Waals surface area contributed by atoms with Gasteiger partial charge in [0.1, 0.15) is 12.4 Å². The highest BCUT2D eigenvalue weighted by atomic mass is 32.2. The van der Waals surface area contributed by atoms with Crippen molar-refractivity contribution in [2.24, 2.45) is 0 Å². The predicted molar refractivity (Wildman–Crippen MR) is 79.1 cm³/mol. The zero-order valence-corrected chi connectivity index (χ0v) is 12.7. The minimum absolute atomic E-state index is 0.214. The fourth-order valence-corrected chi connectivity index (χ4v) is 2.48. The molecule has 1 aromatic heterocycles. The van der Waals surface area contributed by atoms with Gasteiger partial charge in [0.2, 0.25) is 0 Å². The number of carbonyl (C=O) groups is 1. The first kappa shape index (κ1) is 15.1. The Labute approximate surface area is 123 Å². The normalized spacial score (nSPS) is 16.2. The van der Waals surface area contributed by atoms with Crippen molar-refractivity contribution in [3.63, 3.8) is 0 Å².